The van der Waals surface area contributed by atoms with Crippen LogP contribution < -0.4 is 5.73 Å². The zero-order valence-electron chi connectivity index (χ0n) is 12.1. The first-order chi connectivity index (χ1) is 9.94. The van der Waals surface area contributed by atoms with E-state index in [4.69, 9.17) is 5.73 Å². The van der Waals surface area contributed by atoms with Crippen LogP contribution in [0.3, 0.4) is 0 Å². The summed E-state index contributed by atoms with van der Waals surface area (Å²) < 4.78 is 27.5. The Balaban J connectivity index is 2.08. The number of sulfonamides is 1. The molecule has 1 atom stereocenters. The van der Waals surface area contributed by atoms with Gasteiger partial charge in [0.05, 0.1) is 11.8 Å². The van der Waals surface area contributed by atoms with Crippen LogP contribution in [0.5, 0.6) is 0 Å². The fourth-order valence-corrected chi connectivity index (χ4v) is 4.13. The molecule has 1 aliphatic heterocycles. The molecule has 1 saturated heterocycles. The number of carbonyl (C=O) groups excluding carboxylic acids is 1. The second-order valence-electron chi connectivity index (χ2n) is 5.24. The Morgan fingerprint density at radius 1 is 1.52 bits per heavy atom. The third-order valence-electron chi connectivity index (χ3n) is 3.61. The maximum atomic E-state index is 12.2. The van der Waals surface area contributed by atoms with Gasteiger partial charge < -0.3 is 5.73 Å². The van der Waals surface area contributed by atoms with Crippen molar-refractivity contribution in [2.75, 3.05) is 18.8 Å². The largest absolute Gasteiger partial charge is 0.363 e. The van der Waals surface area contributed by atoms with Crippen molar-refractivity contribution in [1.82, 2.24) is 19.1 Å². The summed E-state index contributed by atoms with van der Waals surface area (Å²) in [6, 6.07) is -0.101. The Bertz CT molecular complexity index is 598. The van der Waals surface area contributed by atoms with Crippen LogP contribution in [0.1, 0.15) is 49.3 Å². The normalized spacial score (nSPS) is 20.5. The van der Waals surface area contributed by atoms with E-state index in [1.807, 2.05) is 6.92 Å². The number of piperidine rings is 1. The number of carbonyl (C=O) groups is 1. The Kier molecular flexibility index (Phi) is 4.94. The van der Waals surface area contributed by atoms with Gasteiger partial charge in [0.25, 0.3) is 5.91 Å². The average Bonchev–Trinajstić information content (AvgIpc) is 2.95. The average molecular weight is 315 g/mol. The first kappa shape index (κ1) is 15.9. The van der Waals surface area contributed by atoms with Crippen molar-refractivity contribution in [3.63, 3.8) is 0 Å². The van der Waals surface area contributed by atoms with Gasteiger partial charge in [-0.1, -0.05) is 13.3 Å². The number of unbranched alkanes of at least 4 members (excludes halogenated alkanes) is 1. The minimum absolute atomic E-state index is 0.0408. The molecule has 118 valence electrons. The number of nitrogens with two attached hydrogens (primary N) is 1. The van der Waals surface area contributed by atoms with E-state index in [0.717, 1.165) is 19.3 Å². The van der Waals surface area contributed by atoms with Gasteiger partial charge >= 0.3 is 0 Å². The van der Waals surface area contributed by atoms with Crippen LogP contribution in [-0.2, 0) is 10.0 Å². The van der Waals surface area contributed by atoms with Crippen molar-refractivity contribution in [3.05, 3.63) is 12.2 Å². The Morgan fingerprint density at radius 2 is 2.29 bits per heavy atom. The second kappa shape index (κ2) is 6.52. The van der Waals surface area contributed by atoms with E-state index < -0.39 is 15.9 Å². The Morgan fingerprint density at radius 3 is 2.90 bits per heavy atom. The van der Waals surface area contributed by atoms with E-state index in [1.165, 1.54) is 10.6 Å². The van der Waals surface area contributed by atoms with Crippen molar-refractivity contribution in [2.24, 2.45) is 5.73 Å². The monoisotopic (exact) mass is 315 g/mol. The van der Waals surface area contributed by atoms with E-state index in [1.54, 1.807) is 4.68 Å². The molecule has 2 N–H and O–H groups in total. The van der Waals surface area contributed by atoms with Gasteiger partial charge in [-0.05, 0) is 19.3 Å². The summed E-state index contributed by atoms with van der Waals surface area (Å²) >= 11 is 0. The molecule has 0 aromatic carbocycles. The molecule has 0 aliphatic carbocycles. The van der Waals surface area contributed by atoms with Crippen LogP contribution in [0, 0.1) is 0 Å². The molecule has 1 aromatic rings. The highest BCUT2D eigenvalue weighted by Crippen LogP contribution is 2.23. The van der Waals surface area contributed by atoms with Crippen LogP contribution in [0.25, 0.3) is 0 Å². The molecule has 0 bridgehead atoms. The topological polar surface area (TPSA) is 111 Å². The van der Waals surface area contributed by atoms with Gasteiger partial charge in [0.1, 0.15) is 6.33 Å². The van der Waals surface area contributed by atoms with Crippen LogP contribution in [-0.4, -0.2) is 52.2 Å². The number of aromatic nitrogens is 3. The number of rotatable bonds is 6. The first-order valence-corrected chi connectivity index (χ1v) is 8.73. The summed E-state index contributed by atoms with van der Waals surface area (Å²) in [4.78, 5) is 14.9. The minimum atomic E-state index is -3.22. The van der Waals surface area contributed by atoms with E-state index in [-0.39, 0.29) is 17.6 Å². The molecule has 2 rings (SSSR count). The SMILES string of the molecule is CCCCS(=O)(=O)N1CCC[C@H](n2cnc(C(N)=O)n2)C1. The molecule has 0 radical (unpaired) electrons. The molecule has 1 fully saturated rings. The van der Waals surface area contributed by atoms with E-state index >= 15 is 0 Å². The van der Waals surface area contributed by atoms with Gasteiger partial charge in [-0.2, -0.15) is 4.31 Å². The maximum Gasteiger partial charge on any atom is 0.288 e. The van der Waals surface area contributed by atoms with Crippen molar-refractivity contribution in [3.8, 4) is 0 Å². The third kappa shape index (κ3) is 3.79. The molecule has 1 amide bonds. The van der Waals surface area contributed by atoms with Crippen molar-refractivity contribution in [2.45, 2.75) is 38.6 Å². The lowest BCUT2D eigenvalue weighted by Gasteiger charge is -2.31. The third-order valence-corrected chi connectivity index (χ3v) is 5.53. The predicted octanol–water partition coefficient (Wildman–Crippen LogP) is 0.144. The molecule has 0 unspecified atom stereocenters. The van der Waals surface area contributed by atoms with Crippen molar-refractivity contribution in [1.29, 1.82) is 0 Å². The fourth-order valence-electron chi connectivity index (χ4n) is 2.41. The van der Waals surface area contributed by atoms with Gasteiger partial charge in [-0.15, -0.1) is 5.10 Å². The van der Waals surface area contributed by atoms with Gasteiger partial charge in [0.15, 0.2) is 0 Å². The molecular formula is C12H21N5O3S. The van der Waals surface area contributed by atoms with Crippen molar-refractivity contribution < 1.29 is 13.2 Å². The second-order valence-corrected chi connectivity index (χ2v) is 7.32. The lowest BCUT2D eigenvalue weighted by atomic mass is 10.1. The molecule has 0 saturated carbocycles. The fraction of sp³-hybridized carbons (Fsp3) is 0.750. The zero-order chi connectivity index (χ0) is 15.5. The number of nitrogens with zero attached hydrogens (tertiary/aromatic N) is 4. The number of hydrogen-bond donors (Lipinski definition) is 1. The summed E-state index contributed by atoms with van der Waals surface area (Å²) in [5, 5.41) is 4.02. The quantitative estimate of drug-likeness (QED) is 0.803. The molecule has 1 aliphatic rings. The zero-order valence-corrected chi connectivity index (χ0v) is 12.9. The summed E-state index contributed by atoms with van der Waals surface area (Å²) in [6.07, 6.45) is 4.52. The van der Waals surface area contributed by atoms with E-state index in [0.29, 0.717) is 19.5 Å². The van der Waals surface area contributed by atoms with Crippen LogP contribution in [0.15, 0.2) is 6.33 Å². The molecule has 8 nitrogen and oxygen atoms in total. The number of amides is 1. The number of primary amides is 1. The lowest BCUT2D eigenvalue weighted by Crippen LogP contribution is -2.41. The Labute approximate surface area is 124 Å². The summed E-state index contributed by atoms with van der Waals surface area (Å²) in [7, 11) is -3.22. The predicted molar refractivity (Wildman–Crippen MR) is 77.1 cm³/mol. The molecule has 1 aromatic heterocycles. The molecular weight excluding hydrogens is 294 g/mol. The van der Waals surface area contributed by atoms with Crippen LogP contribution in [0.4, 0.5) is 0 Å². The minimum Gasteiger partial charge on any atom is -0.363 e. The Hall–Kier alpha value is -1.48. The van der Waals surface area contributed by atoms with E-state index in [9.17, 15) is 13.2 Å². The summed E-state index contributed by atoms with van der Waals surface area (Å²) in [5.74, 6) is -0.543. The molecule has 0 spiro atoms. The first-order valence-electron chi connectivity index (χ1n) is 7.13. The van der Waals surface area contributed by atoms with Gasteiger partial charge in [-0.3, -0.25) is 4.79 Å². The number of hydrogen-bond acceptors (Lipinski definition) is 5. The van der Waals surface area contributed by atoms with Crippen LogP contribution >= 0.6 is 0 Å². The van der Waals surface area contributed by atoms with E-state index in [2.05, 4.69) is 10.1 Å². The molecule has 9 heteroatoms. The van der Waals surface area contributed by atoms with Gasteiger partial charge in [-0.25, -0.2) is 18.1 Å². The highest BCUT2D eigenvalue weighted by atomic mass is 32.2. The maximum absolute atomic E-state index is 12.2. The molecule has 2 heterocycles. The lowest BCUT2D eigenvalue weighted by molar-refractivity contribution is 0.0989. The summed E-state index contributed by atoms with van der Waals surface area (Å²) in [6.45, 7) is 2.88. The highest BCUT2D eigenvalue weighted by Gasteiger charge is 2.30. The summed E-state index contributed by atoms with van der Waals surface area (Å²) in [5.41, 5.74) is 5.12. The highest BCUT2D eigenvalue weighted by molar-refractivity contribution is 7.89. The molecule has 21 heavy (non-hydrogen) atoms. The smallest absolute Gasteiger partial charge is 0.288 e. The van der Waals surface area contributed by atoms with Crippen LogP contribution in [0.2, 0.25) is 0 Å². The van der Waals surface area contributed by atoms with Crippen molar-refractivity contribution >= 4 is 15.9 Å². The standard InChI is InChI=1S/C12H21N5O3S/c1-2-3-7-21(19,20)16-6-4-5-10(8-16)17-9-14-12(15-17)11(13)18/h9-10H,2-8H2,1H3,(H2,13,18)/t10-/m0/s1. The van der Waals surface area contributed by atoms with Gasteiger partial charge in [0.2, 0.25) is 15.8 Å². The van der Waals surface area contributed by atoms with Gasteiger partial charge in [0, 0.05) is 13.1 Å².